The molecule has 6 heteroatoms. The standard InChI is InChI=1S/C9H6Cl2F2O2/c1-4-5(10)2-3-6(11)7(4)9(12,13)8(14)15/h2-3H,1H3,(H,14,15)/p-1. The Bertz CT molecular complexity index is 419. The molecule has 82 valence electrons. The van der Waals surface area contributed by atoms with E-state index in [2.05, 4.69) is 0 Å². The minimum absolute atomic E-state index is 0.0234. The molecule has 0 fully saturated rings. The summed E-state index contributed by atoms with van der Waals surface area (Å²) in [5.74, 6) is -6.65. The van der Waals surface area contributed by atoms with Crippen LogP contribution < -0.4 is 5.11 Å². The van der Waals surface area contributed by atoms with Gasteiger partial charge in [-0.1, -0.05) is 23.2 Å². The van der Waals surface area contributed by atoms with Crippen molar-refractivity contribution in [2.75, 3.05) is 0 Å². The van der Waals surface area contributed by atoms with Gasteiger partial charge in [-0.15, -0.1) is 0 Å². The SMILES string of the molecule is Cc1c(Cl)ccc(Cl)c1C(F)(F)C(=O)[O-]. The molecular weight excluding hydrogens is 249 g/mol. The van der Waals surface area contributed by atoms with Gasteiger partial charge in [-0.05, 0) is 24.6 Å². The van der Waals surface area contributed by atoms with E-state index in [0.29, 0.717) is 0 Å². The van der Waals surface area contributed by atoms with Gasteiger partial charge in [0.2, 0.25) is 0 Å². The second kappa shape index (κ2) is 3.94. The Labute approximate surface area is 94.4 Å². The lowest BCUT2D eigenvalue weighted by Gasteiger charge is -2.21. The van der Waals surface area contributed by atoms with E-state index in [0.717, 1.165) is 6.07 Å². The van der Waals surface area contributed by atoms with Gasteiger partial charge in [0.05, 0.1) is 5.02 Å². The first-order chi connectivity index (χ1) is 6.78. The Balaban J connectivity index is 3.49. The van der Waals surface area contributed by atoms with Crippen LogP contribution in [0.2, 0.25) is 10.0 Å². The Morgan fingerprint density at radius 1 is 1.33 bits per heavy atom. The van der Waals surface area contributed by atoms with Crippen molar-refractivity contribution < 1.29 is 18.7 Å². The fourth-order valence-electron chi connectivity index (χ4n) is 1.14. The van der Waals surface area contributed by atoms with Crippen molar-refractivity contribution in [2.45, 2.75) is 12.8 Å². The van der Waals surface area contributed by atoms with Crippen LogP contribution >= 0.6 is 23.2 Å². The van der Waals surface area contributed by atoms with Gasteiger partial charge in [-0.25, -0.2) is 0 Å². The molecule has 1 aromatic carbocycles. The van der Waals surface area contributed by atoms with Crippen LogP contribution in [0.4, 0.5) is 8.78 Å². The minimum Gasteiger partial charge on any atom is -0.544 e. The molecular formula is C9H5Cl2F2O2-. The Hall–Kier alpha value is -0.870. The van der Waals surface area contributed by atoms with Gasteiger partial charge >= 0.3 is 5.92 Å². The third kappa shape index (κ3) is 2.06. The summed E-state index contributed by atoms with van der Waals surface area (Å²) in [6.45, 7) is 1.26. The maximum Gasteiger partial charge on any atom is 0.314 e. The monoisotopic (exact) mass is 253 g/mol. The fraction of sp³-hybridized carbons (Fsp3) is 0.222. The molecule has 2 nitrogen and oxygen atoms in total. The van der Waals surface area contributed by atoms with Crippen LogP contribution in [0, 0.1) is 6.92 Å². The summed E-state index contributed by atoms with van der Waals surface area (Å²) in [6.07, 6.45) is 0. The molecule has 0 spiro atoms. The number of carbonyl (C=O) groups excluding carboxylic acids is 1. The summed E-state index contributed by atoms with van der Waals surface area (Å²) in [4.78, 5) is 10.3. The number of hydrogen-bond donors (Lipinski definition) is 0. The zero-order valence-electron chi connectivity index (χ0n) is 7.48. The minimum atomic E-state index is -4.15. The van der Waals surface area contributed by atoms with E-state index in [1.807, 2.05) is 0 Å². The molecule has 0 heterocycles. The smallest absolute Gasteiger partial charge is 0.314 e. The molecule has 0 N–H and O–H groups in total. The average Bonchev–Trinajstić information content (AvgIpc) is 2.11. The van der Waals surface area contributed by atoms with Crippen molar-refractivity contribution >= 4 is 29.2 Å². The molecule has 0 saturated carbocycles. The third-order valence-electron chi connectivity index (χ3n) is 1.92. The van der Waals surface area contributed by atoms with Crippen molar-refractivity contribution in [2.24, 2.45) is 0 Å². The molecule has 1 rings (SSSR count). The Kier molecular flexibility index (Phi) is 3.21. The van der Waals surface area contributed by atoms with Crippen LogP contribution in [0.25, 0.3) is 0 Å². The van der Waals surface area contributed by atoms with Crippen molar-refractivity contribution in [1.82, 2.24) is 0 Å². The Morgan fingerprint density at radius 3 is 2.27 bits per heavy atom. The average molecular weight is 254 g/mol. The van der Waals surface area contributed by atoms with Gasteiger partial charge in [0.1, 0.15) is 5.97 Å². The first kappa shape index (κ1) is 12.2. The maximum absolute atomic E-state index is 13.2. The summed E-state index contributed by atoms with van der Waals surface area (Å²) in [7, 11) is 0. The van der Waals surface area contributed by atoms with E-state index in [9.17, 15) is 18.7 Å². The van der Waals surface area contributed by atoms with E-state index < -0.39 is 17.5 Å². The van der Waals surface area contributed by atoms with E-state index in [1.54, 1.807) is 0 Å². The number of alkyl halides is 2. The molecule has 0 atom stereocenters. The highest BCUT2D eigenvalue weighted by Gasteiger charge is 2.37. The van der Waals surface area contributed by atoms with Gasteiger partial charge in [0.15, 0.2) is 0 Å². The number of carbonyl (C=O) groups is 1. The number of hydrogen-bond acceptors (Lipinski definition) is 2. The van der Waals surface area contributed by atoms with Crippen molar-refractivity contribution in [3.63, 3.8) is 0 Å². The van der Waals surface area contributed by atoms with Crippen LogP contribution in [0.15, 0.2) is 12.1 Å². The van der Waals surface area contributed by atoms with Crippen molar-refractivity contribution in [1.29, 1.82) is 0 Å². The maximum atomic E-state index is 13.2. The number of carboxylic acid groups (broad SMARTS) is 1. The van der Waals surface area contributed by atoms with E-state index >= 15 is 0 Å². The predicted octanol–water partition coefficient (Wildman–Crippen LogP) is 2.14. The molecule has 0 aliphatic heterocycles. The fourth-order valence-corrected chi connectivity index (χ4v) is 1.62. The van der Waals surface area contributed by atoms with E-state index in [-0.39, 0.29) is 15.6 Å². The van der Waals surface area contributed by atoms with Gasteiger partial charge < -0.3 is 9.90 Å². The van der Waals surface area contributed by atoms with Crippen molar-refractivity contribution in [3.05, 3.63) is 33.3 Å². The van der Waals surface area contributed by atoms with Crippen LogP contribution in [-0.2, 0) is 10.7 Å². The molecule has 0 saturated heterocycles. The topological polar surface area (TPSA) is 40.1 Å². The molecule has 0 radical (unpaired) electrons. The molecule has 0 unspecified atom stereocenters. The first-order valence-corrected chi connectivity index (χ1v) is 4.58. The summed E-state index contributed by atoms with van der Waals surface area (Å²) >= 11 is 11.1. The third-order valence-corrected chi connectivity index (χ3v) is 2.64. The summed E-state index contributed by atoms with van der Waals surface area (Å²) < 4.78 is 26.4. The number of benzene rings is 1. The van der Waals surface area contributed by atoms with E-state index in [4.69, 9.17) is 23.2 Å². The number of aliphatic carboxylic acids is 1. The molecule has 1 aromatic rings. The highest BCUT2D eigenvalue weighted by Crippen LogP contribution is 2.38. The molecule has 15 heavy (non-hydrogen) atoms. The lowest BCUT2D eigenvalue weighted by Crippen LogP contribution is -2.40. The highest BCUT2D eigenvalue weighted by molar-refractivity contribution is 6.34. The van der Waals surface area contributed by atoms with Gasteiger partial charge in [-0.3, -0.25) is 0 Å². The largest absolute Gasteiger partial charge is 0.544 e. The quantitative estimate of drug-likeness (QED) is 0.811. The summed E-state index contributed by atoms with van der Waals surface area (Å²) in [5.41, 5.74) is -0.893. The number of carboxylic acids is 1. The molecule has 0 aliphatic carbocycles. The lowest BCUT2D eigenvalue weighted by molar-refractivity contribution is -0.331. The zero-order valence-corrected chi connectivity index (χ0v) is 8.99. The normalized spacial score (nSPS) is 11.5. The lowest BCUT2D eigenvalue weighted by atomic mass is 10.0. The summed E-state index contributed by atoms with van der Waals surface area (Å²) in [6, 6.07) is 2.43. The summed E-state index contributed by atoms with van der Waals surface area (Å²) in [5, 5.41) is 9.94. The van der Waals surface area contributed by atoms with Crippen LogP contribution in [0.3, 0.4) is 0 Å². The molecule has 0 aromatic heterocycles. The van der Waals surface area contributed by atoms with Gasteiger partial charge in [0, 0.05) is 10.6 Å². The van der Waals surface area contributed by atoms with Crippen molar-refractivity contribution in [3.8, 4) is 0 Å². The van der Waals surface area contributed by atoms with Crippen LogP contribution in [0.1, 0.15) is 11.1 Å². The second-order valence-corrected chi connectivity index (χ2v) is 3.71. The Morgan fingerprint density at radius 2 is 1.80 bits per heavy atom. The zero-order chi connectivity index (χ0) is 11.8. The van der Waals surface area contributed by atoms with Gasteiger partial charge in [-0.2, -0.15) is 8.78 Å². The molecule has 0 amide bonds. The van der Waals surface area contributed by atoms with Crippen LogP contribution in [-0.4, -0.2) is 5.97 Å². The molecule has 0 aliphatic rings. The number of rotatable bonds is 2. The van der Waals surface area contributed by atoms with Gasteiger partial charge in [0.25, 0.3) is 0 Å². The molecule has 0 bridgehead atoms. The second-order valence-electron chi connectivity index (χ2n) is 2.89. The predicted molar refractivity (Wildman–Crippen MR) is 50.1 cm³/mol. The van der Waals surface area contributed by atoms with E-state index in [1.165, 1.54) is 13.0 Å². The highest BCUT2D eigenvalue weighted by atomic mass is 35.5. The first-order valence-electron chi connectivity index (χ1n) is 3.82. The number of halogens is 4. The van der Waals surface area contributed by atoms with Crippen LogP contribution in [0.5, 0.6) is 0 Å².